The number of sulfonamides is 1. The van der Waals surface area contributed by atoms with E-state index in [-0.39, 0.29) is 17.3 Å². The van der Waals surface area contributed by atoms with E-state index in [0.717, 1.165) is 5.56 Å². The second-order valence-corrected chi connectivity index (χ2v) is 8.31. The number of rotatable bonds is 7. The van der Waals surface area contributed by atoms with Crippen LogP contribution >= 0.6 is 0 Å². The van der Waals surface area contributed by atoms with Crippen molar-refractivity contribution in [1.29, 1.82) is 0 Å². The summed E-state index contributed by atoms with van der Waals surface area (Å²) >= 11 is 0. The predicted molar refractivity (Wildman–Crippen MR) is 108 cm³/mol. The Labute approximate surface area is 168 Å². The maximum absolute atomic E-state index is 12.5. The van der Waals surface area contributed by atoms with E-state index in [9.17, 15) is 13.2 Å². The Kier molecular flexibility index (Phi) is 5.28. The van der Waals surface area contributed by atoms with Gasteiger partial charge in [-0.05, 0) is 42.3 Å². The zero-order chi connectivity index (χ0) is 20.3. The summed E-state index contributed by atoms with van der Waals surface area (Å²) in [6, 6.07) is 10.3. The highest BCUT2D eigenvalue weighted by molar-refractivity contribution is 7.89. The topological polar surface area (TPSA) is 118 Å². The van der Waals surface area contributed by atoms with Gasteiger partial charge < -0.3 is 15.2 Å². The molecule has 29 heavy (non-hydrogen) atoms. The number of fused-ring (bicyclic) bond motifs is 1. The number of carbonyl (C=O) groups excluding carboxylic acids is 1. The highest BCUT2D eigenvalue weighted by Crippen LogP contribution is 2.25. The Morgan fingerprint density at radius 2 is 1.90 bits per heavy atom. The van der Waals surface area contributed by atoms with Gasteiger partial charge in [-0.25, -0.2) is 23.1 Å². The number of benzene rings is 1. The molecule has 0 saturated heterocycles. The molecule has 0 atom stereocenters. The highest BCUT2D eigenvalue weighted by atomic mass is 32.2. The van der Waals surface area contributed by atoms with E-state index in [1.54, 1.807) is 18.2 Å². The van der Waals surface area contributed by atoms with Gasteiger partial charge in [0.2, 0.25) is 15.9 Å². The summed E-state index contributed by atoms with van der Waals surface area (Å²) < 4.78 is 29.5. The van der Waals surface area contributed by atoms with Crippen molar-refractivity contribution in [3.8, 4) is 5.82 Å². The standard InChI is InChI=1S/C19H20N6O3S/c26-19-6-3-14-11-15(4-5-16(14)24-19)29(27,28)23-8-7-20-17-12-18(22-13-21-17)25-9-1-2-10-25/h1-2,4-5,9-13,23H,3,6-8H2,(H,24,26)(H,20,21,22). The summed E-state index contributed by atoms with van der Waals surface area (Å²) in [4.78, 5) is 20.0. The minimum atomic E-state index is -3.64. The molecule has 1 aliphatic rings. The zero-order valence-corrected chi connectivity index (χ0v) is 16.3. The Balaban J connectivity index is 1.35. The largest absolute Gasteiger partial charge is 0.369 e. The molecule has 10 heteroatoms. The minimum Gasteiger partial charge on any atom is -0.369 e. The molecule has 0 fully saturated rings. The van der Waals surface area contributed by atoms with Gasteiger partial charge in [-0.3, -0.25) is 4.79 Å². The number of hydrogen-bond donors (Lipinski definition) is 3. The van der Waals surface area contributed by atoms with Crippen LogP contribution in [0.15, 0.2) is 60.0 Å². The summed E-state index contributed by atoms with van der Waals surface area (Å²) in [7, 11) is -3.64. The molecule has 0 radical (unpaired) electrons. The van der Waals surface area contributed by atoms with Crippen LogP contribution in [0.4, 0.5) is 11.5 Å². The molecule has 0 unspecified atom stereocenters. The van der Waals surface area contributed by atoms with Gasteiger partial charge in [-0.1, -0.05) is 0 Å². The summed E-state index contributed by atoms with van der Waals surface area (Å²) in [5.41, 5.74) is 1.49. The van der Waals surface area contributed by atoms with E-state index in [0.29, 0.717) is 36.7 Å². The monoisotopic (exact) mass is 412 g/mol. The van der Waals surface area contributed by atoms with Gasteiger partial charge in [0.15, 0.2) is 0 Å². The van der Waals surface area contributed by atoms with Crippen LogP contribution in [0, 0.1) is 0 Å². The molecule has 1 aromatic carbocycles. The first-order valence-electron chi connectivity index (χ1n) is 9.13. The molecule has 3 heterocycles. The number of hydrogen-bond acceptors (Lipinski definition) is 6. The lowest BCUT2D eigenvalue weighted by molar-refractivity contribution is -0.116. The number of anilines is 2. The van der Waals surface area contributed by atoms with Gasteiger partial charge in [0.25, 0.3) is 0 Å². The Morgan fingerprint density at radius 3 is 2.72 bits per heavy atom. The lowest BCUT2D eigenvalue weighted by Gasteiger charge is -2.17. The van der Waals surface area contributed by atoms with Crippen molar-refractivity contribution in [1.82, 2.24) is 19.3 Å². The highest BCUT2D eigenvalue weighted by Gasteiger charge is 2.19. The molecule has 1 amide bonds. The quantitative estimate of drug-likeness (QED) is 0.507. The van der Waals surface area contributed by atoms with Crippen LogP contribution in [0.2, 0.25) is 0 Å². The maximum atomic E-state index is 12.5. The van der Waals surface area contributed by atoms with Gasteiger partial charge in [0.05, 0.1) is 4.90 Å². The molecule has 150 valence electrons. The first kappa shape index (κ1) is 19.1. The van der Waals surface area contributed by atoms with E-state index in [4.69, 9.17) is 0 Å². The molecule has 3 N–H and O–H groups in total. The molecule has 9 nitrogen and oxygen atoms in total. The van der Waals surface area contributed by atoms with E-state index in [1.165, 1.54) is 12.4 Å². The average molecular weight is 412 g/mol. The molecule has 2 aromatic heterocycles. The van der Waals surface area contributed by atoms with Crippen molar-refractivity contribution < 1.29 is 13.2 Å². The number of nitrogens with one attached hydrogen (secondary N) is 3. The first-order chi connectivity index (χ1) is 14.0. The molecule has 0 bridgehead atoms. The van der Waals surface area contributed by atoms with Gasteiger partial charge in [0, 0.05) is 43.7 Å². The number of amides is 1. The smallest absolute Gasteiger partial charge is 0.240 e. The van der Waals surface area contributed by atoms with E-state index in [2.05, 4.69) is 25.3 Å². The van der Waals surface area contributed by atoms with Crippen molar-refractivity contribution in [2.45, 2.75) is 17.7 Å². The van der Waals surface area contributed by atoms with E-state index < -0.39 is 10.0 Å². The Morgan fingerprint density at radius 1 is 1.07 bits per heavy atom. The van der Waals surface area contributed by atoms with Gasteiger partial charge in [-0.2, -0.15) is 0 Å². The zero-order valence-electron chi connectivity index (χ0n) is 15.5. The molecule has 0 spiro atoms. The summed E-state index contributed by atoms with van der Waals surface area (Å²) in [5, 5.41) is 5.83. The van der Waals surface area contributed by atoms with Crippen LogP contribution in [-0.2, 0) is 21.2 Å². The number of aryl methyl sites for hydroxylation is 1. The Bertz CT molecular complexity index is 1130. The van der Waals surface area contributed by atoms with Crippen LogP contribution in [-0.4, -0.2) is 41.9 Å². The van der Waals surface area contributed by atoms with Crippen LogP contribution in [0.1, 0.15) is 12.0 Å². The third-order valence-electron chi connectivity index (χ3n) is 4.53. The van der Waals surface area contributed by atoms with Gasteiger partial charge in [0.1, 0.15) is 18.0 Å². The summed E-state index contributed by atoms with van der Waals surface area (Å²) in [6.45, 7) is 0.557. The number of carbonyl (C=O) groups is 1. The summed E-state index contributed by atoms with van der Waals surface area (Å²) in [5.74, 6) is 1.27. The minimum absolute atomic E-state index is 0.0537. The normalized spacial score (nSPS) is 13.6. The lowest BCUT2D eigenvalue weighted by atomic mass is 10.0. The second-order valence-electron chi connectivity index (χ2n) is 6.54. The summed E-state index contributed by atoms with van der Waals surface area (Å²) in [6.07, 6.45) is 6.10. The van der Waals surface area contributed by atoms with Crippen molar-refractivity contribution in [3.05, 3.63) is 60.7 Å². The third-order valence-corrected chi connectivity index (χ3v) is 5.99. The molecule has 0 saturated carbocycles. The van der Waals surface area contributed by atoms with Gasteiger partial charge in [-0.15, -0.1) is 0 Å². The van der Waals surface area contributed by atoms with Crippen LogP contribution < -0.4 is 15.4 Å². The van der Waals surface area contributed by atoms with Crippen LogP contribution in [0.5, 0.6) is 0 Å². The first-order valence-corrected chi connectivity index (χ1v) is 10.6. The predicted octanol–water partition coefficient (Wildman–Crippen LogP) is 1.54. The SMILES string of the molecule is O=C1CCc2cc(S(=O)(=O)NCCNc3cc(-n4cccc4)ncn3)ccc2N1. The fourth-order valence-electron chi connectivity index (χ4n) is 3.06. The molecule has 3 aromatic rings. The molecule has 1 aliphatic heterocycles. The third kappa shape index (κ3) is 4.44. The van der Waals surface area contributed by atoms with Crippen molar-refractivity contribution in [2.75, 3.05) is 23.7 Å². The maximum Gasteiger partial charge on any atom is 0.240 e. The molecule has 0 aliphatic carbocycles. The Hall–Kier alpha value is -3.24. The van der Waals surface area contributed by atoms with Gasteiger partial charge >= 0.3 is 0 Å². The van der Waals surface area contributed by atoms with Crippen molar-refractivity contribution >= 4 is 27.4 Å². The van der Waals surface area contributed by atoms with Crippen molar-refractivity contribution in [2.24, 2.45) is 0 Å². The molecular formula is C19H20N6O3S. The fourth-order valence-corrected chi connectivity index (χ4v) is 4.14. The van der Waals surface area contributed by atoms with Crippen LogP contribution in [0.25, 0.3) is 5.82 Å². The lowest BCUT2D eigenvalue weighted by Crippen LogP contribution is -2.29. The van der Waals surface area contributed by atoms with E-state index in [1.807, 2.05) is 29.1 Å². The van der Waals surface area contributed by atoms with Crippen molar-refractivity contribution in [3.63, 3.8) is 0 Å². The molecular weight excluding hydrogens is 392 g/mol. The number of nitrogens with zero attached hydrogens (tertiary/aromatic N) is 3. The fraction of sp³-hybridized carbons (Fsp3) is 0.211. The van der Waals surface area contributed by atoms with E-state index >= 15 is 0 Å². The second kappa shape index (κ2) is 8.02. The van der Waals surface area contributed by atoms with Crippen LogP contribution in [0.3, 0.4) is 0 Å². The number of aromatic nitrogens is 3. The molecule has 4 rings (SSSR count). The average Bonchev–Trinajstić information content (AvgIpc) is 3.26.